The van der Waals surface area contributed by atoms with Gasteiger partial charge in [0, 0.05) is 24.0 Å². The van der Waals surface area contributed by atoms with Gasteiger partial charge in [-0.15, -0.1) is 11.3 Å². The van der Waals surface area contributed by atoms with Crippen molar-refractivity contribution in [2.24, 2.45) is 5.92 Å². The third kappa shape index (κ3) is 2.91. The third-order valence-corrected chi connectivity index (χ3v) is 3.46. The number of hydrogen-bond donors (Lipinski definition) is 1. The number of aromatic nitrogens is 1. The summed E-state index contributed by atoms with van der Waals surface area (Å²) in [5.74, 6) is -0.852. The fourth-order valence-corrected chi connectivity index (χ4v) is 2.54. The van der Waals surface area contributed by atoms with E-state index >= 15 is 0 Å². The van der Waals surface area contributed by atoms with Gasteiger partial charge in [0.25, 0.3) is 0 Å². The minimum absolute atomic E-state index is 0.0865. The second-order valence-corrected chi connectivity index (χ2v) is 5.19. The number of hydrogen-bond acceptors (Lipinski definition) is 3. The molecule has 1 aromatic carbocycles. The van der Waals surface area contributed by atoms with Crippen molar-refractivity contribution in [2.75, 3.05) is 6.61 Å². The number of thiazole rings is 1. The van der Waals surface area contributed by atoms with Crippen molar-refractivity contribution in [1.82, 2.24) is 4.98 Å². The maximum Gasteiger partial charge on any atom is 0.132 e. The van der Waals surface area contributed by atoms with Crippen molar-refractivity contribution in [3.8, 4) is 11.3 Å². The highest BCUT2D eigenvalue weighted by Gasteiger charge is 2.12. The Bertz CT molecular complexity index is 542. The molecule has 0 saturated carbocycles. The van der Waals surface area contributed by atoms with Crippen molar-refractivity contribution in [3.05, 3.63) is 40.2 Å². The molecule has 1 N–H and O–H groups in total. The lowest BCUT2D eigenvalue weighted by molar-refractivity contribution is 0.237. The number of halogens is 2. The lowest BCUT2D eigenvalue weighted by Gasteiger charge is -2.03. The Morgan fingerprint density at radius 3 is 2.89 bits per heavy atom. The fourth-order valence-electron chi connectivity index (χ4n) is 1.58. The quantitative estimate of drug-likeness (QED) is 0.924. The van der Waals surface area contributed by atoms with E-state index in [-0.39, 0.29) is 18.1 Å². The number of benzene rings is 1. The fraction of sp³-hybridized carbons (Fsp3) is 0.308. The molecule has 18 heavy (non-hydrogen) atoms. The molecule has 0 bridgehead atoms. The molecule has 0 aliphatic heterocycles. The van der Waals surface area contributed by atoms with Crippen LogP contribution in [0, 0.1) is 17.6 Å². The molecule has 96 valence electrons. The summed E-state index contributed by atoms with van der Waals surface area (Å²) >= 11 is 1.39. The minimum atomic E-state index is -0.483. The van der Waals surface area contributed by atoms with Crippen LogP contribution in [0.15, 0.2) is 23.6 Å². The van der Waals surface area contributed by atoms with Crippen molar-refractivity contribution in [3.63, 3.8) is 0 Å². The molecule has 0 aliphatic carbocycles. The summed E-state index contributed by atoms with van der Waals surface area (Å²) < 4.78 is 26.6. The number of nitrogens with zero attached hydrogens (tertiary/aromatic N) is 1. The molecule has 0 aliphatic rings. The molecule has 5 heteroatoms. The summed E-state index contributed by atoms with van der Waals surface area (Å²) in [5, 5.41) is 11.5. The Morgan fingerprint density at radius 1 is 1.39 bits per heavy atom. The smallest absolute Gasteiger partial charge is 0.132 e. The second-order valence-electron chi connectivity index (χ2n) is 4.24. The first-order chi connectivity index (χ1) is 8.60. The molecule has 2 rings (SSSR count). The summed E-state index contributed by atoms with van der Waals surface area (Å²) in [6.45, 7) is 1.99. The van der Waals surface area contributed by atoms with Gasteiger partial charge in [-0.1, -0.05) is 6.92 Å². The maximum atomic E-state index is 13.6. The Morgan fingerprint density at radius 2 is 2.17 bits per heavy atom. The average molecular weight is 269 g/mol. The van der Waals surface area contributed by atoms with Crippen LogP contribution in [-0.2, 0) is 6.42 Å². The van der Waals surface area contributed by atoms with E-state index in [4.69, 9.17) is 5.11 Å². The SMILES string of the molecule is CC(CO)Cc1nc(-c2cc(F)ccc2F)cs1. The van der Waals surface area contributed by atoms with E-state index in [1.807, 2.05) is 6.92 Å². The van der Waals surface area contributed by atoms with E-state index in [0.717, 1.165) is 23.2 Å². The van der Waals surface area contributed by atoms with Gasteiger partial charge < -0.3 is 5.11 Å². The predicted molar refractivity (Wildman–Crippen MR) is 67.4 cm³/mol. The molecule has 0 saturated heterocycles. The largest absolute Gasteiger partial charge is 0.396 e. The highest BCUT2D eigenvalue weighted by Crippen LogP contribution is 2.26. The normalized spacial score (nSPS) is 12.7. The Kier molecular flexibility index (Phi) is 4.04. The summed E-state index contributed by atoms with van der Waals surface area (Å²) in [6.07, 6.45) is 0.637. The highest BCUT2D eigenvalue weighted by atomic mass is 32.1. The third-order valence-electron chi connectivity index (χ3n) is 2.59. The first-order valence-electron chi connectivity index (χ1n) is 5.61. The molecule has 1 heterocycles. The molecule has 0 spiro atoms. The molecule has 0 radical (unpaired) electrons. The van der Waals surface area contributed by atoms with Crippen LogP contribution in [0.2, 0.25) is 0 Å². The van der Waals surface area contributed by atoms with E-state index in [0.29, 0.717) is 12.1 Å². The van der Waals surface area contributed by atoms with E-state index in [1.165, 1.54) is 11.3 Å². The van der Waals surface area contributed by atoms with E-state index < -0.39 is 11.6 Å². The summed E-state index contributed by atoms with van der Waals surface area (Å²) in [4.78, 5) is 4.27. The number of aliphatic hydroxyl groups excluding tert-OH is 1. The second kappa shape index (κ2) is 5.54. The zero-order valence-corrected chi connectivity index (χ0v) is 10.7. The first kappa shape index (κ1) is 13.1. The molecular formula is C13H13F2NOS. The molecule has 0 amide bonds. The van der Waals surface area contributed by atoms with Gasteiger partial charge in [0.05, 0.1) is 10.7 Å². The molecule has 0 fully saturated rings. The molecule has 1 unspecified atom stereocenters. The van der Waals surface area contributed by atoms with Gasteiger partial charge in [0.1, 0.15) is 11.6 Å². The molecular weight excluding hydrogens is 256 g/mol. The number of aliphatic hydroxyl groups is 1. The monoisotopic (exact) mass is 269 g/mol. The van der Waals surface area contributed by atoms with Crippen molar-refractivity contribution in [1.29, 1.82) is 0 Å². The average Bonchev–Trinajstić information content (AvgIpc) is 2.80. The Hall–Kier alpha value is -1.33. The summed E-state index contributed by atoms with van der Waals surface area (Å²) in [7, 11) is 0. The van der Waals surface area contributed by atoms with Crippen LogP contribution in [0.4, 0.5) is 8.78 Å². The van der Waals surface area contributed by atoms with Crippen LogP contribution in [0.1, 0.15) is 11.9 Å². The van der Waals surface area contributed by atoms with Gasteiger partial charge in [0.15, 0.2) is 0 Å². The lowest BCUT2D eigenvalue weighted by atomic mass is 10.1. The zero-order chi connectivity index (χ0) is 13.1. The number of rotatable bonds is 4. The van der Waals surface area contributed by atoms with E-state index in [9.17, 15) is 8.78 Å². The molecule has 2 nitrogen and oxygen atoms in total. The van der Waals surface area contributed by atoms with Gasteiger partial charge in [-0.3, -0.25) is 0 Å². The lowest BCUT2D eigenvalue weighted by Crippen LogP contribution is -2.04. The predicted octanol–water partition coefficient (Wildman–Crippen LogP) is 3.26. The summed E-state index contributed by atoms with van der Waals surface area (Å²) in [6, 6.07) is 3.32. The highest BCUT2D eigenvalue weighted by molar-refractivity contribution is 7.09. The first-order valence-corrected chi connectivity index (χ1v) is 6.48. The van der Waals surface area contributed by atoms with Crippen LogP contribution < -0.4 is 0 Å². The summed E-state index contributed by atoms with van der Waals surface area (Å²) in [5.41, 5.74) is 0.617. The van der Waals surface area contributed by atoms with Crippen LogP contribution in [-0.4, -0.2) is 16.7 Å². The van der Waals surface area contributed by atoms with Gasteiger partial charge >= 0.3 is 0 Å². The van der Waals surface area contributed by atoms with Gasteiger partial charge in [0.2, 0.25) is 0 Å². The van der Waals surface area contributed by atoms with Crippen molar-refractivity contribution < 1.29 is 13.9 Å². The van der Waals surface area contributed by atoms with Crippen LogP contribution >= 0.6 is 11.3 Å². The van der Waals surface area contributed by atoms with E-state index in [2.05, 4.69) is 4.98 Å². The zero-order valence-electron chi connectivity index (χ0n) is 9.86. The van der Waals surface area contributed by atoms with Crippen LogP contribution in [0.3, 0.4) is 0 Å². The molecule has 1 aromatic heterocycles. The molecule has 1 atom stereocenters. The standard InChI is InChI=1S/C13H13F2NOS/c1-8(6-17)4-13-16-12(7-18-13)10-5-9(14)2-3-11(10)15/h2-3,5,7-8,17H,4,6H2,1H3. The maximum absolute atomic E-state index is 13.6. The van der Waals surface area contributed by atoms with E-state index in [1.54, 1.807) is 5.38 Å². The Balaban J connectivity index is 2.26. The van der Waals surface area contributed by atoms with Gasteiger partial charge in [-0.05, 0) is 24.1 Å². The van der Waals surface area contributed by atoms with Gasteiger partial charge in [-0.25, -0.2) is 13.8 Å². The minimum Gasteiger partial charge on any atom is -0.396 e. The van der Waals surface area contributed by atoms with Crippen molar-refractivity contribution in [2.45, 2.75) is 13.3 Å². The molecule has 2 aromatic rings. The van der Waals surface area contributed by atoms with Gasteiger partial charge in [-0.2, -0.15) is 0 Å². The van der Waals surface area contributed by atoms with Crippen LogP contribution in [0.25, 0.3) is 11.3 Å². The Labute approximate surface area is 108 Å². The van der Waals surface area contributed by atoms with Crippen LogP contribution in [0.5, 0.6) is 0 Å². The topological polar surface area (TPSA) is 33.1 Å². The van der Waals surface area contributed by atoms with Crippen molar-refractivity contribution >= 4 is 11.3 Å².